The van der Waals surface area contributed by atoms with E-state index in [1.807, 2.05) is 0 Å². The van der Waals surface area contributed by atoms with Crippen LogP contribution in [0.1, 0.15) is 20.9 Å². The number of carbonyl (C=O) groups excluding carboxylic acids is 2. The Kier molecular flexibility index (Phi) is 5.17. The van der Waals surface area contributed by atoms with E-state index < -0.39 is 23.3 Å². The van der Waals surface area contributed by atoms with E-state index in [1.54, 1.807) is 24.3 Å². The van der Waals surface area contributed by atoms with Crippen LogP contribution in [0.15, 0.2) is 59.0 Å². The zero-order valence-corrected chi connectivity index (χ0v) is 15.5. The number of hydrogen-bond acceptors (Lipinski definition) is 8. The summed E-state index contributed by atoms with van der Waals surface area (Å²) in [7, 11) is 0. The van der Waals surface area contributed by atoms with Crippen molar-refractivity contribution in [3.63, 3.8) is 0 Å². The lowest BCUT2D eigenvalue weighted by molar-refractivity contribution is -0.384. The van der Waals surface area contributed by atoms with Crippen molar-refractivity contribution in [3.8, 4) is 22.8 Å². The van der Waals surface area contributed by atoms with Crippen LogP contribution in [0.4, 0.5) is 5.69 Å². The van der Waals surface area contributed by atoms with E-state index in [0.717, 1.165) is 0 Å². The maximum Gasteiger partial charge on any atom is 0.374 e. The number of fused-ring (bicyclic) bond motifs is 1. The van der Waals surface area contributed by atoms with Crippen molar-refractivity contribution in [2.75, 3.05) is 19.8 Å². The largest absolute Gasteiger partial charge is 0.486 e. The molecule has 0 saturated carbocycles. The molecule has 30 heavy (non-hydrogen) atoms. The summed E-state index contributed by atoms with van der Waals surface area (Å²) in [5.74, 6) is 0.0891. The zero-order chi connectivity index (χ0) is 21.1. The van der Waals surface area contributed by atoms with Gasteiger partial charge < -0.3 is 18.6 Å². The lowest BCUT2D eigenvalue weighted by Gasteiger charge is -2.18. The van der Waals surface area contributed by atoms with Gasteiger partial charge in [0.25, 0.3) is 5.69 Å². The van der Waals surface area contributed by atoms with Gasteiger partial charge in [-0.25, -0.2) is 4.79 Å². The molecule has 0 fully saturated rings. The van der Waals surface area contributed by atoms with Gasteiger partial charge >= 0.3 is 5.97 Å². The van der Waals surface area contributed by atoms with E-state index in [-0.39, 0.29) is 11.4 Å². The smallest absolute Gasteiger partial charge is 0.374 e. The number of rotatable bonds is 6. The molecule has 2 aromatic carbocycles. The van der Waals surface area contributed by atoms with Gasteiger partial charge in [0.2, 0.25) is 5.76 Å². The topological polar surface area (TPSA) is 118 Å². The summed E-state index contributed by atoms with van der Waals surface area (Å²) < 4.78 is 21.3. The quantitative estimate of drug-likeness (QED) is 0.262. The molecule has 0 spiro atoms. The Hall–Kier alpha value is -4.14. The molecule has 9 heteroatoms. The van der Waals surface area contributed by atoms with E-state index in [4.69, 9.17) is 18.6 Å². The fourth-order valence-corrected chi connectivity index (χ4v) is 2.85. The summed E-state index contributed by atoms with van der Waals surface area (Å²) in [6.07, 6.45) is 0. The predicted molar refractivity (Wildman–Crippen MR) is 103 cm³/mol. The Morgan fingerprint density at radius 3 is 2.43 bits per heavy atom. The van der Waals surface area contributed by atoms with Crippen LogP contribution in [0.3, 0.4) is 0 Å². The van der Waals surface area contributed by atoms with Crippen molar-refractivity contribution in [2.24, 2.45) is 0 Å². The average molecular weight is 409 g/mol. The SMILES string of the molecule is O=C(COC(=O)c1ccc(-c2ccc([N+](=O)[O-])cc2)o1)c1ccc2c(c1)OCCO2. The first-order valence-corrected chi connectivity index (χ1v) is 8.96. The second-order valence-corrected chi connectivity index (χ2v) is 6.33. The second-order valence-electron chi connectivity index (χ2n) is 6.33. The maximum atomic E-state index is 12.3. The molecule has 0 aliphatic carbocycles. The molecule has 152 valence electrons. The third-order valence-electron chi connectivity index (χ3n) is 4.37. The molecule has 3 aromatic rings. The number of Topliss-reactive ketones (excluding diaryl/α,β-unsaturated/α-hetero) is 1. The molecule has 0 saturated heterocycles. The highest BCUT2D eigenvalue weighted by Crippen LogP contribution is 2.31. The molecule has 9 nitrogen and oxygen atoms in total. The highest BCUT2D eigenvalue weighted by molar-refractivity contribution is 5.99. The summed E-state index contributed by atoms with van der Waals surface area (Å²) in [6.45, 7) is 0.379. The average Bonchev–Trinajstić information content (AvgIpc) is 3.27. The second kappa shape index (κ2) is 8.08. The number of ether oxygens (including phenoxy) is 3. The van der Waals surface area contributed by atoms with Crippen LogP contribution in [0.25, 0.3) is 11.3 Å². The van der Waals surface area contributed by atoms with Crippen LogP contribution >= 0.6 is 0 Å². The fraction of sp³-hybridized carbons (Fsp3) is 0.143. The number of non-ortho nitro benzene ring substituents is 1. The van der Waals surface area contributed by atoms with Crippen LogP contribution in [0, 0.1) is 10.1 Å². The van der Waals surface area contributed by atoms with Crippen LogP contribution in [-0.2, 0) is 4.74 Å². The van der Waals surface area contributed by atoms with Gasteiger partial charge in [-0.05, 0) is 42.5 Å². The Labute approximate surface area is 169 Å². The monoisotopic (exact) mass is 409 g/mol. The van der Waals surface area contributed by atoms with E-state index in [1.165, 1.54) is 30.3 Å². The third kappa shape index (κ3) is 4.00. The molecule has 0 N–H and O–H groups in total. The summed E-state index contributed by atoms with van der Waals surface area (Å²) in [5, 5.41) is 10.7. The van der Waals surface area contributed by atoms with Gasteiger partial charge in [-0.15, -0.1) is 0 Å². The first kappa shape index (κ1) is 19.2. The van der Waals surface area contributed by atoms with Crippen molar-refractivity contribution >= 4 is 17.4 Å². The van der Waals surface area contributed by atoms with Crippen LogP contribution in [-0.4, -0.2) is 36.5 Å². The third-order valence-corrected chi connectivity index (χ3v) is 4.37. The lowest BCUT2D eigenvalue weighted by Crippen LogP contribution is -2.17. The molecule has 0 bridgehead atoms. The highest BCUT2D eigenvalue weighted by atomic mass is 16.6. The van der Waals surface area contributed by atoms with Crippen LogP contribution < -0.4 is 9.47 Å². The van der Waals surface area contributed by atoms with E-state index in [0.29, 0.717) is 41.6 Å². The summed E-state index contributed by atoms with van der Waals surface area (Å²) in [6, 6.07) is 13.4. The van der Waals surface area contributed by atoms with Gasteiger partial charge in [0.05, 0.1) is 4.92 Å². The first-order valence-electron chi connectivity index (χ1n) is 8.96. The first-order chi connectivity index (χ1) is 14.5. The molecule has 0 atom stereocenters. The number of carbonyl (C=O) groups is 2. The van der Waals surface area contributed by atoms with Crippen molar-refractivity contribution in [3.05, 3.63) is 76.0 Å². The molecule has 4 rings (SSSR count). The normalized spacial score (nSPS) is 12.3. The Bertz CT molecular complexity index is 1120. The zero-order valence-electron chi connectivity index (χ0n) is 15.5. The fourth-order valence-electron chi connectivity index (χ4n) is 2.85. The Morgan fingerprint density at radius 1 is 0.967 bits per heavy atom. The van der Waals surface area contributed by atoms with Crippen LogP contribution in [0.5, 0.6) is 11.5 Å². The highest BCUT2D eigenvalue weighted by Gasteiger charge is 2.19. The lowest BCUT2D eigenvalue weighted by atomic mass is 10.1. The minimum Gasteiger partial charge on any atom is -0.486 e. The van der Waals surface area contributed by atoms with E-state index >= 15 is 0 Å². The molecule has 0 amide bonds. The van der Waals surface area contributed by atoms with Gasteiger partial charge in [0, 0.05) is 23.3 Å². The van der Waals surface area contributed by atoms with Crippen molar-refractivity contribution in [1.29, 1.82) is 0 Å². The minimum absolute atomic E-state index is 0.0532. The number of hydrogen-bond donors (Lipinski definition) is 0. The van der Waals surface area contributed by atoms with Gasteiger partial charge in [-0.3, -0.25) is 14.9 Å². The van der Waals surface area contributed by atoms with Gasteiger partial charge in [-0.1, -0.05) is 0 Å². The maximum absolute atomic E-state index is 12.3. The number of benzene rings is 2. The standard InChI is InChI=1S/C21H15NO8/c23-16(14-3-6-18-20(11-14)28-10-9-27-18)12-29-21(24)19-8-7-17(30-19)13-1-4-15(5-2-13)22(25)26/h1-8,11H,9-10,12H2. The van der Waals surface area contributed by atoms with Crippen LogP contribution in [0.2, 0.25) is 0 Å². The van der Waals surface area contributed by atoms with Gasteiger partial charge in [0.1, 0.15) is 19.0 Å². The molecule has 0 radical (unpaired) electrons. The molecule has 1 aromatic heterocycles. The number of nitrogens with zero attached hydrogens (tertiary/aromatic N) is 1. The van der Waals surface area contributed by atoms with Crippen molar-refractivity contribution < 1.29 is 33.1 Å². The van der Waals surface area contributed by atoms with Crippen molar-refractivity contribution in [1.82, 2.24) is 0 Å². The summed E-state index contributed by atoms with van der Waals surface area (Å²) in [5.41, 5.74) is 0.840. The Balaban J connectivity index is 1.38. The summed E-state index contributed by atoms with van der Waals surface area (Å²) >= 11 is 0. The van der Waals surface area contributed by atoms with Gasteiger partial charge in [0.15, 0.2) is 23.9 Å². The number of nitro benzene ring substituents is 1. The summed E-state index contributed by atoms with van der Waals surface area (Å²) in [4.78, 5) is 34.7. The number of esters is 1. The number of ketones is 1. The Morgan fingerprint density at radius 2 is 1.70 bits per heavy atom. The van der Waals surface area contributed by atoms with Crippen molar-refractivity contribution in [2.45, 2.75) is 0 Å². The van der Waals surface area contributed by atoms with Gasteiger partial charge in [-0.2, -0.15) is 0 Å². The molecular formula is C21H15NO8. The molecular weight excluding hydrogens is 394 g/mol. The molecule has 0 unspecified atom stereocenters. The molecule has 2 heterocycles. The number of nitro groups is 1. The minimum atomic E-state index is -0.797. The van der Waals surface area contributed by atoms with E-state index in [2.05, 4.69) is 0 Å². The van der Waals surface area contributed by atoms with E-state index in [9.17, 15) is 19.7 Å². The predicted octanol–water partition coefficient (Wildman–Crippen LogP) is 3.67. The number of furan rings is 1. The molecule has 1 aliphatic rings. The molecule has 1 aliphatic heterocycles.